The van der Waals surface area contributed by atoms with Crippen LogP contribution in [0.15, 0.2) is 0 Å². The van der Waals surface area contributed by atoms with Gasteiger partial charge in [0, 0.05) is 0 Å². The van der Waals surface area contributed by atoms with Gasteiger partial charge < -0.3 is 20.4 Å². The molecule has 0 aromatic rings. The van der Waals surface area contributed by atoms with Crippen molar-refractivity contribution < 1.29 is 39.6 Å². The maximum Gasteiger partial charge on any atom is 0.323 e. The molecule has 0 heterocycles. The molecule has 3 aliphatic rings. The van der Waals surface area contributed by atoms with E-state index in [0.717, 1.165) is 0 Å². The fourth-order valence-corrected chi connectivity index (χ4v) is 4.05. The van der Waals surface area contributed by atoms with Crippen molar-refractivity contribution in [1.29, 1.82) is 0 Å². The minimum atomic E-state index is -2.81. The molecule has 4 N–H and O–H groups in total. The van der Waals surface area contributed by atoms with Crippen molar-refractivity contribution in [2.45, 2.75) is 25.7 Å². The highest BCUT2D eigenvalue weighted by Gasteiger charge is 2.77. The summed E-state index contributed by atoms with van der Waals surface area (Å²) in [6, 6.07) is 0. The highest BCUT2D eigenvalue weighted by Crippen LogP contribution is 2.64. The molecule has 1 unspecified atom stereocenters. The number of fused-ring (bicyclic) bond motifs is 3. The third-order valence-corrected chi connectivity index (χ3v) is 4.93. The molecule has 0 radical (unpaired) electrons. The summed E-state index contributed by atoms with van der Waals surface area (Å²) < 4.78 is 0. The van der Waals surface area contributed by atoms with Gasteiger partial charge in [-0.25, -0.2) is 0 Å². The lowest BCUT2D eigenvalue weighted by molar-refractivity contribution is -0.218. The van der Waals surface area contributed by atoms with Crippen molar-refractivity contribution in [1.82, 2.24) is 0 Å². The molecule has 0 aromatic heterocycles. The van der Waals surface area contributed by atoms with Gasteiger partial charge in [0.25, 0.3) is 0 Å². The second-order valence-electron chi connectivity index (χ2n) is 5.46. The maximum atomic E-state index is 11.6. The Bertz CT molecular complexity index is 486. The van der Waals surface area contributed by atoms with E-state index in [1.807, 2.05) is 0 Å². The van der Waals surface area contributed by atoms with E-state index in [1.165, 1.54) is 0 Å². The van der Waals surface area contributed by atoms with E-state index in [1.54, 1.807) is 0 Å². The van der Waals surface area contributed by atoms with Crippen LogP contribution in [0.4, 0.5) is 0 Å². The molecule has 3 aliphatic carbocycles. The first-order valence-corrected chi connectivity index (χ1v) is 6.15. The van der Waals surface area contributed by atoms with Crippen molar-refractivity contribution in [2.75, 3.05) is 0 Å². The number of hydrogen-bond donors (Lipinski definition) is 4. The number of carboxylic acid groups (broad SMARTS) is 4. The Morgan fingerprint density at radius 3 is 1.55 bits per heavy atom. The van der Waals surface area contributed by atoms with Crippen LogP contribution in [-0.2, 0) is 19.2 Å². The Labute approximate surface area is 113 Å². The van der Waals surface area contributed by atoms with Crippen LogP contribution in [0.2, 0.25) is 0 Å². The molecule has 8 heteroatoms. The van der Waals surface area contributed by atoms with Gasteiger partial charge >= 0.3 is 23.9 Å². The van der Waals surface area contributed by atoms with E-state index < -0.39 is 46.5 Å². The van der Waals surface area contributed by atoms with Gasteiger partial charge in [-0.3, -0.25) is 19.2 Å². The Kier molecular flexibility index (Phi) is 2.99. The smallest absolute Gasteiger partial charge is 0.323 e. The minimum absolute atomic E-state index is 0.130. The molecule has 2 bridgehead atoms. The van der Waals surface area contributed by atoms with Gasteiger partial charge in [-0.15, -0.1) is 0 Å². The minimum Gasteiger partial charge on any atom is -0.481 e. The third kappa shape index (κ3) is 1.36. The van der Waals surface area contributed by atoms with Gasteiger partial charge in [0.2, 0.25) is 0 Å². The van der Waals surface area contributed by atoms with E-state index in [4.69, 9.17) is 0 Å². The maximum absolute atomic E-state index is 11.6. The highest BCUT2D eigenvalue weighted by molar-refractivity contribution is 6.08. The van der Waals surface area contributed by atoms with E-state index in [9.17, 15) is 39.6 Å². The summed E-state index contributed by atoms with van der Waals surface area (Å²) in [6.45, 7) is 0. The molecule has 0 spiro atoms. The second kappa shape index (κ2) is 4.19. The highest BCUT2D eigenvalue weighted by atomic mass is 16.4. The van der Waals surface area contributed by atoms with Crippen molar-refractivity contribution in [3.8, 4) is 0 Å². The lowest BCUT2D eigenvalue weighted by Crippen LogP contribution is -2.69. The molecule has 3 rings (SSSR count). The first-order chi connectivity index (χ1) is 9.21. The summed E-state index contributed by atoms with van der Waals surface area (Å²) in [7, 11) is 0. The normalized spacial score (nSPS) is 34.4. The number of aliphatic carboxylic acids is 4. The Hall–Kier alpha value is -2.12. The summed E-state index contributed by atoms with van der Waals surface area (Å²) in [4.78, 5) is 46.3. The number of rotatable bonds is 4. The largest absolute Gasteiger partial charge is 0.481 e. The zero-order valence-corrected chi connectivity index (χ0v) is 10.4. The average molecular weight is 286 g/mol. The lowest BCUT2D eigenvalue weighted by Gasteiger charge is -2.55. The standard InChI is InChI=1S/C12H14O8/c13-7(14)6-5-1-3-11(4-2-5,8(15)16)12(6,9(17)18)10(19)20/h5-6H,1-4H2,(H,13,14)(H,15,16)(H,17,18)(H,19,20). The quantitative estimate of drug-likeness (QED) is 0.532. The molecule has 3 saturated carbocycles. The van der Waals surface area contributed by atoms with Crippen LogP contribution < -0.4 is 0 Å². The molecular formula is C12H14O8. The summed E-state index contributed by atoms with van der Waals surface area (Å²) in [5, 5.41) is 37.5. The number of carbonyl (C=O) groups is 4. The second-order valence-corrected chi connectivity index (χ2v) is 5.46. The zero-order valence-electron chi connectivity index (χ0n) is 10.4. The van der Waals surface area contributed by atoms with E-state index in [2.05, 4.69) is 0 Å². The van der Waals surface area contributed by atoms with Crippen LogP contribution in [0.5, 0.6) is 0 Å². The fourth-order valence-electron chi connectivity index (χ4n) is 4.05. The van der Waals surface area contributed by atoms with Crippen LogP contribution in [0, 0.1) is 22.7 Å². The molecule has 20 heavy (non-hydrogen) atoms. The molecule has 0 amide bonds. The van der Waals surface area contributed by atoms with Gasteiger partial charge in [0.1, 0.15) is 0 Å². The Morgan fingerprint density at radius 2 is 1.25 bits per heavy atom. The predicted octanol–water partition coefficient (Wildman–Crippen LogP) is 0.118. The SMILES string of the molecule is O=C(O)C1C2CCC(C(=O)O)(CC2)C1(C(=O)O)C(=O)O. The number of hydrogen-bond acceptors (Lipinski definition) is 4. The van der Waals surface area contributed by atoms with Crippen molar-refractivity contribution >= 4 is 23.9 Å². The molecule has 110 valence electrons. The molecule has 0 aliphatic heterocycles. The first kappa shape index (κ1) is 14.3. The van der Waals surface area contributed by atoms with Crippen LogP contribution >= 0.6 is 0 Å². The number of carboxylic acids is 4. The summed E-state index contributed by atoms with van der Waals surface area (Å²) in [5.41, 5.74) is -4.88. The van der Waals surface area contributed by atoms with Crippen LogP contribution in [0.25, 0.3) is 0 Å². The van der Waals surface area contributed by atoms with Gasteiger partial charge in [0.05, 0.1) is 11.3 Å². The van der Waals surface area contributed by atoms with E-state index in [0.29, 0.717) is 0 Å². The summed E-state index contributed by atoms with van der Waals surface area (Å²) in [5.74, 6) is -9.23. The third-order valence-electron chi connectivity index (χ3n) is 4.93. The molecule has 3 fully saturated rings. The topological polar surface area (TPSA) is 149 Å². The Balaban J connectivity index is 2.78. The molecular weight excluding hydrogens is 272 g/mol. The average Bonchev–Trinajstić information content (AvgIpc) is 2.37. The predicted molar refractivity (Wildman–Crippen MR) is 60.9 cm³/mol. The molecule has 0 aromatic carbocycles. The lowest BCUT2D eigenvalue weighted by atomic mass is 9.42. The van der Waals surface area contributed by atoms with E-state index in [-0.39, 0.29) is 25.7 Å². The van der Waals surface area contributed by atoms with Gasteiger partial charge in [0.15, 0.2) is 5.41 Å². The van der Waals surface area contributed by atoms with Gasteiger partial charge in [-0.1, -0.05) is 0 Å². The first-order valence-electron chi connectivity index (χ1n) is 6.15. The van der Waals surface area contributed by atoms with Crippen LogP contribution in [0.3, 0.4) is 0 Å². The molecule has 0 saturated heterocycles. The Morgan fingerprint density at radius 1 is 0.800 bits per heavy atom. The van der Waals surface area contributed by atoms with Crippen molar-refractivity contribution in [2.24, 2.45) is 22.7 Å². The van der Waals surface area contributed by atoms with Gasteiger partial charge in [-0.05, 0) is 31.6 Å². The van der Waals surface area contributed by atoms with Gasteiger partial charge in [-0.2, -0.15) is 0 Å². The van der Waals surface area contributed by atoms with Crippen molar-refractivity contribution in [3.05, 3.63) is 0 Å². The van der Waals surface area contributed by atoms with Crippen molar-refractivity contribution in [3.63, 3.8) is 0 Å². The summed E-state index contributed by atoms with van der Waals surface area (Å²) in [6.07, 6.45) is 0.169. The van der Waals surface area contributed by atoms with Crippen LogP contribution in [-0.4, -0.2) is 44.3 Å². The fraction of sp³-hybridized carbons (Fsp3) is 0.667. The van der Waals surface area contributed by atoms with Crippen LogP contribution in [0.1, 0.15) is 25.7 Å². The molecule has 8 nitrogen and oxygen atoms in total. The monoisotopic (exact) mass is 286 g/mol. The zero-order chi connectivity index (χ0) is 15.3. The molecule has 1 atom stereocenters. The summed E-state index contributed by atoms with van der Waals surface area (Å²) >= 11 is 0. The van der Waals surface area contributed by atoms with E-state index >= 15 is 0 Å².